The van der Waals surface area contributed by atoms with Crippen molar-refractivity contribution in [2.24, 2.45) is 0 Å². The maximum absolute atomic E-state index is 11.6. The summed E-state index contributed by atoms with van der Waals surface area (Å²) in [6, 6.07) is 2.46. The first kappa shape index (κ1) is 14.5. The number of nitriles is 1. The maximum atomic E-state index is 11.6. The van der Waals surface area contributed by atoms with E-state index >= 15 is 0 Å². The Balaban J connectivity index is 3.49. The van der Waals surface area contributed by atoms with Crippen LogP contribution in [0.4, 0.5) is 0 Å². The largest absolute Gasteiger partial charge is 0.493 e. The van der Waals surface area contributed by atoms with E-state index in [0.717, 1.165) is 10.6 Å². The molecule has 0 saturated carbocycles. The van der Waals surface area contributed by atoms with Gasteiger partial charge in [-0.05, 0) is 5.56 Å². The molecule has 0 fully saturated rings. The van der Waals surface area contributed by atoms with E-state index in [1.54, 1.807) is 6.07 Å². The first-order valence-electron chi connectivity index (χ1n) is 4.67. The number of aromatic nitrogens is 1. The van der Waals surface area contributed by atoms with Crippen LogP contribution in [0.5, 0.6) is 5.88 Å². The van der Waals surface area contributed by atoms with E-state index in [1.807, 2.05) is 0 Å². The summed E-state index contributed by atoms with van der Waals surface area (Å²) >= 11 is 5.43. The summed E-state index contributed by atoms with van der Waals surface area (Å²) in [5.74, 6) is -1.54. The van der Waals surface area contributed by atoms with Crippen LogP contribution in [0.25, 0.3) is 0 Å². The molecule has 98 valence electrons. The van der Waals surface area contributed by atoms with Crippen LogP contribution >= 0.6 is 11.6 Å². The van der Waals surface area contributed by atoms with Gasteiger partial charge in [-0.3, -0.25) is 13.9 Å². The molecule has 0 saturated heterocycles. The molecule has 0 spiro atoms. The van der Waals surface area contributed by atoms with E-state index < -0.39 is 27.3 Å². The first-order chi connectivity index (χ1) is 8.30. The Morgan fingerprint density at radius 1 is 1.50 bits per heavy atom. The second kappa shape index (κ2) is 5.39. The van der Waals surface area contributed by atoms with E-state index in [9.17, 15) is 18.3 Å². The highest BCUT2D eigenvalue weighted by Gasteiger charge is 2.18. The molecule has 2 N–H and O–H groups in total. The summed E-state index contributed by atoms with van der Waals surface area (Å²) < 4.78 is 31.0. The molecule has 0 aliphatic heterocycles. The number of halogens is 1. The number of pyridine rings is 1. The fourth-order valence-corrected chi connectivity index (χ4v) is 2.20. The molecule has 7 nitrogen and oxygen atoms in total. The maximum Gasteiger partial charge on any atom is 0.269 e. The molecule has 0 bridgehead atoms. The van der Waals surface area contributed by atoms with Crippen molar-refractivity contribution in [1.29, 1.82) is 5.26 Å². The summed E-state index contributed by atoms with van der Waals surface area (Å²) in [5.41, 5.74) is -1.34. The van der Waals surface area contributed by atoms with Crippen LogP contribution in [0.2, 0.25) is 0 Å². The SMILES string of the molecule is N#Cc1c(CS(=O)(=O)O)cc(=O)n(CCCl)c1O. The second-order valence-electron chi connectivity index (χ2n) is 3.39. The van der Waals surface area contributed by atoms with E-state index in [1.165, 1.54) is 0 Å². The molecule has 0 aliphatic carbocycles. The van der Waals surface area contributed by atoms with Gasteiger partial charge in [0.1, 0.15) is 17.4 Å². The van der Waals surface area contributed by atoms with E-state index in [0.29, 0.717) is 0 Å². The highest BCUT2D eigenvalue weighted by atomic mass is 35.5. The third-order valence-electron chi connectivity index (χ3n) is 2.12. The molecule has 0 aliphatic rings. The lowest BCUT2D eigenvalue weighted by atomic mass is 10.1. The summed E-state index contributed by atoms with van der Waals surface area (Å²) in [6.45, 7) is -0.0208. The zero-order valence-corrected chi connectivity index (χ0v) is 10.6. The fourth-order valence-electron chi connectivity index (χ4n) is 1.41. The average Bonchev–Trinajstić information content (AvgIpc) is 2.22. The molecular weight excluding hydrogens is 284 g/mol. The number of hydrogen-bond donors (Lipinski definition) is 2. The van der Waals surface area contributed by atoms with Crippen LogP contribution in [-0.4, -0.2) is 28.5 Å². The van der Waals surface area contributed by atoms with Gasteiger partial charge >= 0.3 is 0 Å². The Hall–Kier alpha value is -1.56. The van der Waals surface area contributed by atoms with Gasteiger partial charge in [0.05, 0.1) is 0 Å². The van der Waals surface area contributed by atoms with Gasteiger partial charge in [0, 0.05) is 18.5 Å². The zero-order valence-electron chi connectivity index (χ0n) is 9.00. The van der Waals surface area contributed by atoms with Crippen molar-refractivity contribution >= 4 is 21.7 Å². The molecule has 1 rings (SSSR count). The van der Waals surface area contributed by atoms with Crippen molar-refractivity contribution in [3.8, 4) is 11.9 Å². The topological polar surface area (TPSA) is 120 Å². The molecule has 9 heteroatoms. The molecule has 0 unspecified atom stereocenters. The lowest BCUT2D eigenvalue weighted by Gasteiger charge is -2.10. The van der Waals surface area contributed by atoms with Crippen LogP contribution in [-0.2, 0) is 22.4 Å². The second-order valence-corrected chi connectivity index (χ2v) is 5.22. The molecule has 1 aromatic rings. The van der Waals surface area contributed by atoms with Gasteiger partial charge in [-0.15, -0.1) is 11.6 Å². The van der Waals surface area contributed by atoms with Gasteiger partial charge in [0.15, 0.2) is 0 Å². The predicted octanol–water partition coefficient (Wildman–Crippen LogP) is 0.0522. The number of nitrogens with zero attached hydrogens (tertiary/aromatic N) is 2. The van der Waals surface area contributed by atoms with Crippen LogP contribution in [0.3, 0.4) is 0 Å². The molecule has 1 heterocycles. The van der Waals surface area contributed by atoms with Gasteiger partial charge in [-0.25, -0.2) is 0 Å². The standard InChI is InChI=1S/C9H9ClN2O5S/c10-1-2-12-8(13)3-6(5-18(15,16)17)7(4-11)9(12)14/h3,14H,1-2,5H2,(H,15,16,17). The van der Waals surface area contributed by atoms with Gasteiger partial charge in [-0.1, -0.05) is 0 Å². The van der Waals surface area contributed by atoms with Gasteiger partial charge in [0.2, 0.25) is 5.88 Å². The Kier molecular flexibility index (Phi) is 4.34. The van der Waals surface area contributed by atoms with Crippen molar-refractivity contribution in [2.45, 2.75) is 12.3 Å². The summed E-state index contributed by atoms with van der Waals surface area (Å²) in [4.78, 5) is 11.6. The highest BCUT2D eigenvalue weighted by Crippen LogP contribution is 2.19. The Morgan fingerprint density at radius 3 is 2.56 bits per heavy atom. The first-order valence-corrected chi connectivity index (χ1v) is 6.81. The fraction of sp³-hybridized carbons (Fsp3) is 0.333. The number of hydrogen-bond acceptors (Lipinski definition) is 5. The third kappa shape index (κ3) is 3.22. The number of rotatable bonds is 4. The van der Waals surface area contributed by atoms with E-state index in [4.69, 9.17) is 21.4 Å². The minimum atomic E-state index is -4.40. The van der Waals surface area contributed by atoms with Crippen LogP contribution in [0, 0.1) is 11.3 Å². The molecule has 0 atom stereocenters. The minimum Gasteiger partial charge on any atom is -0.493 e. The molecule has 18 heavy (non-hydrogen) atoms. The molecule has 0 amide bonds. The lowest BCUT2D eigenvalue weighted by Crippen LogP contribution is -2.23. The van der Waals surface area contributed by atoms with Crippen molar-refractivity contribution in [3.63, 3.8) is 0 Å². The third-order valence-corrected chi connectivity index (χ3v) is 2.97. The van der Waals surface area contributed by atoms with Crippen molar-refractivity contribution in [2.75, 3.05) is 5.88 Å². The monoisotopic (exact) mass is 292 g/mol. The van der Waals surface area contributed by atoms with Crippen LogP contribution in [0.1, 0.15) is 11.1 Å². The number of alkyl halides is 1. The lowest BCUT2D eigenvalue weighted by molar-refractivity contribution is 0.409. The molecular formula is C9H9ClN2O5S. The molecule has 0 radical (unpaired) electrons. The van der Waals surface area contributed by atoms with Gasteiger partial charge in [-0.2, -0.15) is 13.7 Å². The Bertz CT molecular complexity index is 659. The quantitative estimate of drug-likeness (QED) is 0.597. The normalized spacial score (nSPS) is 11.2. The van der Waals surface area contributed by atoms with E-state index in [-0.39, 0.29) is 23.6 Å². The zero-order chi connectivity index (χ0) is 13.9. The van der Waals surface area contributed by atoms with E-state index in [2.05, 4.69) is 0 Å². The van der Waals surface area contributed by atoms with Crippen molar-refractivity contribution in [1.82, 2.24) is 4.57 Å². The minimum absolute atomic E-state index is 0.0208. The number of aromatic hydroxyl groups is 1. The Morgan fingerprint density at radius 2 is 2.11 bits per heavy atom. The summed E-state index contributed by atoms with van der Waals surface area (Å²) in [7, 11) is -4.40. The van der Waals surface area contributed by atoms with Gasteiger partial charge < -0.3 is 5.11 Å². The van der Waals surface area contributed by atoms with Crippen LogP contribution in [0.15, 0.2) is 10.9 Å². The van der Waals surface area contributed by atoms with Crippen molar-refractivity contribution < 1.29 is 18.1 Å². The highest BCUT2D eigenvalue weighted by molar-refractivity contribution is 7.85. The molecule has 0 aromatic carbocycles. The summed E-state index contributed by atoms with van der Waals surface area (Å²) in [6.07, 6.45) is 0. The predicted molar refractivity (Wildman–Crippen MR) is 63.1 cm³/mol. The van der Waals surface area contributed by atoms with Crippen molar-refractivity contribution in [3.05, 3.63) is 27.5 Å². The average molecular weight is 293 g/mol. The van der Waals surface area contributed by atoms with Crippen LogP contribution < -0.4 is 5.56 Å². The Labute approximate surface area is 108 Å². The van der Waals surface area contributed by atoms with Gasteiger partial charge in [0.25, 0.3) is 15.7 Å². The smallest absolute Gasteiger partial charge is 0.269 e. The summed E-state index contributed by atoms with van der Waals surface area (Å²) in [5, 5.41) is 18.5. The molecule has 1 aromatic heterocycles.